The number of rotatable bonds is 5. The van der Waals surface area contributed by atoms with E-state index in [9.17, 15) is 4.79 Å². The van der Waals surface area contributed by atoms with Gasteiger partial charge in [-0.05, 0) is 18.2 Å². The molecule has 0 N–H and O–H groups in total. The van der Waals surface area contributed by atoms with Gasteiger partial charge >= 0.3 is 0 Å². The van der Waals surface area contributed by atoms with E-state index in [1.807, 2.05) is 18.2 Å². The molecule has 0 aliphatic heterocycles. The molecule has 82 valence electrons. The summed E-state index contributed by atoms with van der Waals surface area (Å²) in [5, 5.41) is 0.124. The van der Waals surface area contributed by atoms with Crippen LogP contribution in [0.1, 0.15) is 0 Å². The van der Waals surface area contributed by atoms with Crippen molar-refractivity contribution >= 4 is 26.1 Å². The van der Waals surface area contributed by atoms with Crippen LogP contribution in [0.3, 0.4) is 0 Å². The lowest BCUT2D eigenvalue weighted by atomic mass is 10.4. The van der Waals surface area contributed by atoms with E-state index in [1.54, 1.807) is 11.8 Å². The first-order valence-corrected chi connectivity index (χ1v) is 9.77. The highest BCUT2D eigenvalue weighted by molar-refractivity contribution is 8.00. The van der Waals surface area contributed by atoms with Gasteiger partial charge in [-0.15, -0.1) is 11.8 Å². The standard InChI is InChI=1S/C12H18OSSi/c1-15(2,3)10-12(9-13)14-11-7-5-4-6-8-11/h4-9,12H,10H2,1-3H3. The Kier molecular flexibility index (Phi) is 4.61. The van der Waals surface area contributed by atoms with Crippen molar-refractivity contribution < 1.29 is 4.79 Å². The largest absolute Gasteiger partial charge is 0.302 e. The molecule has 1 aromatic rings. The SMILES string of the molecule is C[Si](C)(C)CC(C=O)Sc1ccccc1. The van der Waals surface area contributed by atoms with Crippen LogP contribution in [0.25, 0.3) is 0 Å². The van der Waals surface area contributed by atoms with Gasteiger partial charge in [-0.2, -0.15) is 0 Å². The molecule has 15 heavy (non-hydrogen) atoms. The summed E-state index contributed by atoms with van der Waals surface area (Å²) in [7, 11) is -1.15. The smallest absolute Gasteiger partial charge is 0.133 e. The van der Waals surface area contributed by atoms with Gasteiger partial charge in [0.15, 0.2) is 0 Å². The molecule has 0 aliphatic carbocycles. The maximum Gasteiger partial charge on any atom is 0.133 e. The number of aldehydes is 1. The highest BCUT2D eigenvalue weighted by Crippen LogP contribution is 2.27. The number of carbonyl (C=O) groups excluding carboxylic acids is 1. The topological polar surface area (TPSA) is 17.1 Å². The summed E-state index contributed by atoms with van der Waals surface area (Å²) in [6.45, 7) is 6.90. The second-order valence-electron chi connectivity index (χ2n) is 4.87. The molecule has 1 unspecified atom stereocenters. The molecule has 0 fully saturated rings. The molecule has 0 amide bonds. The van der Waals surface area contributed by atoms with E-state index in [0.29, 0.717) is 0 Å². The van der Waals surface area contributed by atoms with E-state index in [1.165, 1.54) is 4.90 Å². The lowest BCUT2D eigenvalue weighted by Gasteiger charge is -2.19. The molecular formula is C12H18OSSi. The van der Waals surface area contributed by atoms with Crippen molar-refractivity contribution in [1.82, 2.24) is 0 Å². The summed E-state index contributed by atoms with van der Waals surface area (Å²) >= 11 is 1.68. The fourth-order valence-electron chi connectivity index (χ4n) is 1.39. The van der Waals surface area contributed by atoms with E-state index in [-0.39, 0.29) is 5.25 Å². The van der Waals surface area contributed by atoms with Gasteiger partial charge in [0.25, 0.3) is 0 Å². The third-order valence-corrected chi connectivity index (χ3v) is 5.08. The van der Waals surface area contributed by atoms with Gasteiger partial charge in [0.05, 0.1) is 5.25 Å². The number of benzene rings is 1. The molecule has 0 aromatic heterocycles. The van der Waals surface area contributed by atoms with E-state index in [4.69, 9.17) is 0 Å². The Morgan fingerprint density at radius 2 is 1.87 bits per heavy atom. The number of hydrogen-bond acceptors (Lipinski definition) is 2. The summed E-state index contributed by atoms with van der Waals surface area (Å²) in [5.41, 5.74) is 0. The summed E-state index contributed by atoms with van der Waals surface area (Å²) in [6, 6.07) is 11.2. The lowest BCUT2D eigenvalue weighted by Crippen LogP contribution is -2.25. The monoisotopic (exact) mass is 238 g/mol. The maximum absolute atomic E-state index is 11.0. The first-order valence-electron chi connectivity index (χ1n) is 5.18. The van der Waals surface area contributed by atoms with Gasteiger partial charge in [-0.1, -0.05) is 37.8 Å². The van der Waals surface area contributed by atoms with Crippen LogP contribution in [-0.2, 0) is 4.79 Å². The van der Waals surface area contributed by atoms with Crippen molar-refractivity contribution in [2.45, 2.75) is 35.8 Å². The zero-order valence-corrected chi connectivity index (χ0v) is 11.4. The van der Waals surface area contributed by atoms with Crippen LogP contribution in [0.4, 0.5) is 0 Å². The Bertz CT molecular complexity index is 305. The predicted molar refractivity (Wildman–Crippen MR) is 70.3 cm³/mol. The van der Waals surface area contributed by atoms with Crippen LogP contribution in [0.2, 0.25) is 25.7 Å². The number of carbonyl (C=O) groups is 1. The summed E-state index contributed by atoms with van der Waals surface area (Å²) in [5.74, 6) is 0. The molecule has 1 nitrogen and oxygen atoms in total. The highest BCUT2D eigenvalue weighted by atomic mass is 32.2. The Hall–Kier alpha value is -0.543. The second-order valence-corrected chi connectivity index (χ2v) is 11.7. The average Bonchev–Trinajstić information content (AvgIpc) is 2.16. The predicted octanol–water partition coefficient (Wildman–Crippen LogP) is 3.68. The molecule has 0 spiro atoms. The van der Waals surface area contributed by atoms with Gasteiger partial charge in [0, 0.05) is 13.0 Å². The van der Waals surface area contributed by atoms with Crippen molar-refractivity contribution in [3.63, 3.8) is 0 Å². The molecule has 1 aromatic carbocycles. The van der Waals surface area contributed by atoms with Crippen LogP contribution in [0.5, 0.6) is 0 Å². The molecule has 0 radical (unpaired) electrons. The van der Waals surface area contributed by atoms with Crippen LogP contribution in [0.15, 0.2) is 35.2 Å². The first-order chi connectivity index (χ1) is 7.01. The molecule has 1 rings (SSSR count). The Labute approximate surface area is 97.3 Å². The van der Waals surface area contributed by atoms with Gasteiger partial charge in [-0.3, -0.25) is 0 Å². The van der Waals surface area contributed by atoms with Gasteiger partial charge < -0.3 is 4.79 Å². The lowest BCUT2D eigenvalue weighted by molar-refractivity contribution is -0.107. The van der Waals surface area contributed by atoms with E-state index >= 15 is 0 Å². The third kappa shape index (κ3) is 5.19. The van der Waals surface area contributed by atoms with Crippen molar-refractivity contribution in [2.75, 3.05) is 0 Å². The molecule has 1 atom stereocenters. The zero-order chi connectivity index (χ0) is 11.3. The first kappa shape index (κ1) is 12.5. The molecule has 0 heterocycles. The van der Waals surface area contributed by atoms with Crippen LogP contribution in [0, 0.1) is 0 Å². The summed E-state index contributed by atoms with van der Waals surface area (Å²) in [6.07, 6.45) is 1.09. The quantitative estimate of drug-likeness (QED) is 0.442. The Morgan fingerprint density at radius 1 is 1.27 bits per heavy atom. The van der Waals surface area contributed by atoms with Crippen molar-refractivity contribution in [1.29, 1.82) is 0 Å². The molecule has 0 bridgehead atoms. The van der Waals surface area contributed by atoms with Crippen molar-refractivity contribution in [3.8, 4) is 0 Å². The normalized spacial score (nSPS) is 13.5. The highest BCUT2D eigenvalue weighted by Gasteiger charge is 2.20. The van der Waals surface area contributed by atoms with Crippen LogP contribution >= 0.6 is 11.8 Å². The molecule has 0 aliphatic rings. The zero-order valence-electron chi connectivity index (χ0n) is 9.57. The van der Waals surface area contributed by atoms with Crippen molar-refractivity contribution in [3.05, 3.63) is 30.3 Å². The van der Waals surface area contributed by atoms with Crippen LogP contribution in [-0.4, -0.2) is 19.6 Å². The minimum Gasteiger partial charge on any atom is -0.302 e. The fraction of sp³-hybridized carbons (Fsp3) is 0.417. The van der Waals surface area contributed by atoms with E-state index in [0.717, 1.165) is 12.3 Å². The van der Waals surface area contributed by atoms with Gasteiger partial charge in [0.2, 0.25) is 0 Å². The second kappa shape index (κ2) is 5.52. The van der Waals surface area contributed by atoms with Crippen molar-refractivity contribution in [2.24, 2.45) is 0 Å². The average molecular weight is 238 g/mol. The Balaban J connectivity index is 2.59. The minimum atomic E-state index is -1.15. The van der Waals surface area contributed by atoms with Gasteiger partial charge in [-0.25, -0.2) is 0 Å². The van der Waals surface area contributed by atoms with E-state index < -0.39 is 8.07 Å². The summed E-state index contributed by atoms with van der Waals surface area (Å²) in [4.78, 5) is 12.2. The number of thioether (sulfide) groups is 1. The molecule has 0 saturated carbocycles. The Morgan fingerprint density at radius 3 is 2.33 bits per heavy atom. The molecule has 3 heteroatoms. The van der Waals surface area contributed by atoms with Gasteiger partial charge in [0.1, 0.15) is 6.29 Å². The fourth-order valence-corrected chi connectivity index (χ4v) is 5.25. The number of hydrogen-bond donors (Lipinski definition) is 0. The molecule has 0 saturated heterocycles. The minimum absolute atomic E-state index is 0.124. The third-order valence-electron chi connectivity index (χ3n) is 2.00. The van der Waals surface area contributed by atoms with E-state index in [2.05, 4.69) is 31.8 Å². The molecular weight excluding hydrogens is 220 g/mol. The summed E-state index contributed by atoms with van der Waals surface area (Å²) < 4.78 is 0. The van der Waals surface area contributed by atoms with Crippen LogP contribution < -0.4 is 0 Å². The maximum atomic E-state index is 11.0.